The number of carbonyl (C=O) groups excluding carboxylic acids is 1. The lowest BCUT2D eigenvalue weighted by Gasteiger charge is -2.07. The summed E-state index contributed by atoms with van der Waals surface area (Å²) in [4.78, 5) is 11.7. The predicted molar refractivity (Wildman–Crippen MR) is 65.8 cm³/mol. The van der Waals surface area contributed by atoms with E-state index in [9.17, 15) is 4.79 Å². The number of hydrogen-bond acceptors (Lipinski definition) is 3. The van der Waals surface area contributed by atoms with Crippen LogP contribution in [0.4, 0.5) is 0 Å². The van der Waals surface area contributed by atoms with Crippen molar-refractivity contribution in [2.45, 2.75) is 26.1 Å². The molecule has 0 saturated carbocycles. The first-order valence-corrected chi connectivity index (χ1v) is 5.67. The molecule has 94 valence electrons. The van der Waals surface area contributed by atoms with E-state index in [1.807, 2.05) is 12.1 Å². The second kappa shape index (κ2) is 7.04. The molecule has 1 rings (SSSR count). The summed E-state index contributed by atoms with van der Waals surface area (Å²) in [5, 5.41) is 11.8. The zero-order valence-electron chi connectivity index (χ0n) is 10.3. The molecule has 0 aromatic heterocycles. The van der Waals surface area contributed by atoms with Gasteiger partial charge in [0.1, 0.15) is 0 Å². The number of rotatable bonds is 6. The molecular weight excluding hydrogens is 218 g/mol. The average Bonchev–Trinajstić information content (AvgIpc) is 2.30. The Balaban J connectivity index is 2.46. The third-order valence-corrected chi connectivity index (χ3v) is 2.37. The SMILES string of the molecule is COCc1ccc(C(=O)NCCC(C)O)cc1. The Kier molecular flexibility index (Phi) is 5.66. The van der Waals surface area contributed by atoms with Gasteiger partial charge >= 0.3 is 0 Å². The molecule has 1 amide bonds. The molecule has 4 nitrogen and oxygen atoms in total. The van der Waals surface area contributed by atoms with Gasteiger partial charge < -0.3 is 15.2 Å². The average molecular weight is 237 g/mol. The molecule has 1 aromatic carbocycles. The molecule has 0 aliphatic heterocycles. The highest BCUT2D eigenvalue weighted by atomic mass is 16.5. The Morgan fingerprint density at radius 2 is 2.06 bits per heavy atom. The van der Waals surface area contributed by atoms with E-state index >= 15 is 0 Å². The smallest absolute Gasteiger partial charge is 0.251 e. The van der Waals surface area contributed by atoms with Crippen LogP contribution in [0.15, 0.2) is 24.3 Å². The normalized spacial score (nSPS) is 12.2. The minimum Gasteiger partial charge on any atom is -0.393 e. The van der Waals surface area contributed by atoms with Crippen LogP contribution in [0.3, 0.4) is 0 Å². The number of aliphatic hydroxyl groups excluding tert-OH is 1. The van der Waals surface area contributed by atoms with Gasteiger partial charge in [-0.25, -0.2) is 0 Å². The first-order valence-electron chi connectivity index (χ1n) is 5.67. The summed E-state index contributed by atoms with van der Waals surface area (Å²) >= 11 is 0. The molecule has 0 aliphatic carbocycles. The molecule has 0 fully saturated rings. The van der Waals surface area contributed by atoms with Gasteiger partial charge in [-0.2, -0.15) is 0 Å². The van der Waals surface area contributed by atoms with Crippen LogP contribution >= 0.6 is 0 Å². The Labute approximate surface area is 102 Å². The molecule has 0 spiro atoms. The van der Waals surface area contributed by atoms with Crippen LogP contribution in [0, 0.1) is 0 Å². The molecule has 0 aliphatic rings. The molecule has 0 heterocycles. The fourth-order valence-corrected chi connectivity index (χ4v) is 1.42. The summed E-state index contributed by atoms with van der Waals surface area (Å²) in [7, 11) is 1.64. The third kappa shape index (κ3) is 4.97. The molecule has 0 saturated heterocycles. The second-order valence-electron chi connectivity index (χ2n) is 4.02. The van der Waals surface area contributed by atoms with Crippen molar-refractivity contribution in [2.75, 3.05) is 13.7 Å². The van der Waals surface area contributed by atoms with Gasteiger partial charge in [-0.15, -0.1) is 0 Å². The summed E-state index contributed by atoms with van der Waals surface area (Å²) in [6, 6.07) is 7.28. The molecule has 1 atom stereocenters. The lowest BCUT2D eigenvalue weighted by molar-refractivity contribution is 0.0945. The van der Waals surface area contributed by atoms with Gasteiger partial charge in [0, 0.05) is 19.2 Å². The summed E-state index contributed by atoms with van der Waals surface area (Å²) in [6.07, 6.45) is 0.174. The highest BCUT2D eigenvalue weighted by molar-refractivity contribution is 5.94. The number of nitrogens with one attached hydrogen (secondary N) is 1. The number of aliphatic hydroxyl groups is 1. The van der Waals surface area contributed by atoms with Crippen LogP contribution in [0.1, 0.15) is 29.3 Å². The van der Waals surface area contributed by atoms with Crippen LogP contribution in [-0.4, -0.2) is 30.8 Å². The minimum absolute atomic E-state index is 0.116. The third-order valence-electron chi connectivity index (χ3n) is 2.37. The molecule has 4 heteroatoms. The van der Waals surface area contributed by atoms with Crippen molar-refractivity contribution >= 4 is 5.91 Å². The van der Waals surface area contributed by atoms with E-state index in [1.54, 1.807) is 26.2 Å². The predicted octanol–water partition coefficient (Wildman–Crippen LogP) is 1.33. The van der Waals surface area contributed by atoms with Crippen LogP contribution in [-0.2, 0) is 11.3 Å². The largest absolute Gasteiger partial charge is 0.393 e. The number of methoxy groups -OCH3 is 1. The number of carbonyl (C=O) groups is 1. The lowest BCUT2D eigenvalue weighted by atomic mass is 10.1. The summed E-state index contributed by atoms with van der Waals surface area (Å²) in [5.41, 5.74) is 1.66. The fraction of sp³-hybridized carbons (Fsp3) is 0.462. The molecule has 17 heavy (non-hydrogen) atoms. The van der Waals surface area contributed by atoms with E-state index in [2.05, 4.69) is 5.32 Å². The van der Waals surface area contributed by atoms with Crippen LogP contribution < -0.4 is 5.32 Å². The summed E-state index contributed by atoms with van der Waals surface area (Å²) < 4.78 is 4.99. The Bertz CT molecular complexity index is 346. The first-order chi connectivity index (χ1) is 8.13. The van der Waals surface area contributed by atoms with Crippen molar-refractivity contribution in [3.05, 3.63) is 35.4 Å². The van der Waals surface area contributed by atoms with E-state index < -0.39 is 0 Å². The molecule has 0 bridgehead atoms. The summed E-state index contributed by atoms with van der Waals surface area (Å²) in [5.74, 6) is -0.116. The Morgan fingerprint density at radius 1 is 1.41 bits per heavy atom. The van der Waals surface area contributed by atoms with E-state index in [0.717, 1.165) is 5.56 Å². The highest BCUT2D eigenvalue weighted by Crippen LogP contribution is 2.05. The zero-order chi connectivity index (χ0) is 12.7. The number of hydrogen-bond donors (Lipinski definition) is 2. The van der Waals surface area contributed by atoms with E-state index in [-0.39, 0.29) is 12.0 Å². The highest BCUT2D eigenvalue weighted by Gasteiger charge is 2.05. The van der Waals surface area contributed by atoms with Crippen LogP contribution in [0.25, 0.3) is 0 Å². The van der Waals surface area contributed by atoms with E-state index in [4.69, 9.17) is 9.84 Å². The van der Waals surface area contributed by atoms with Gasteiger partial charge in [0.2, 0.25) is 0 Å². The van der Waals surface area contributed by atoms with Crippen LogP contribution in [0.2, 0.25) is 0 Å². The lowest BCUT2D eigenvalue weighted by Crippen LogP contribution is -2.26. The molecule has 1 aromatic rings. The van der Waals surface area contributed by atoms with E-state index in [1.165, 1.54) is 0 Å². The zero-order valence-corrected chi connectivity index (χ0v) is 10.3. The monoisotopic (exact) mass is 237 g/mol. The molecule has 1 unspecified atom stereocenters. The molecule has 0 radical (unpaired) electrons. The van der Waals surface area contributed by atoms with Gasteiger partial charge in [0.15, 0.2) is 0 Å². The van der Waals surface area contributed by atoms with Crippen molar-refractivity contribution in [1.29, 1.82) is 0 Å². The summed E-state index contributed by atoms with van der Waals surface area (Å²) in [6.45, 7) is 2.73. The topological polar surface area (TPSA) is 58.6 Å². The van der Waals surface area contributed by atoms with Gasteiger partial charge in [-0.05, 0) is 31.0 Å². The van der Waals surface area contributed by atoms with E-state index in [0.29, 0.717) is 25.1 Å². The first kappa shape index (κ1) is 13.7. The Morgan fingerprint density at radius 3 is 2.59 bits per heavy atom. The maximum Gasteiger partial charge on any atom is 0.251 e. The molecule has 2 N–H and O–H groups in total. The van der Waals surface area contributed by atoms with Crippen molar-refractivity contribution in [3.8, 4) is 0 Å². The van der Waals surface area contributed by atoms with Gasteiger partial charge in [0.25, 0.3) is 5.91 Å². The number of amides is 1. The Hall–Kier alpha value is -1.39. The maximum absolute atomic E-state index is 11.7. The maximum atomic E-state index is 11.7. The number of benzene rings is 1. The van der Waals surface area contributed by atoms with Gasteiger partial charge in [-0.3, -0.25) is 4.79 Å². The minimum atomic E-state index is -0.389. The standard InChI is InChI=1S/C13H19NO3/c1-10(15)7-8-14-13(16)12-5-3-11(4-6-12)9-17-2/h3-6,10,15H,7-9H2,1-2H3,(H,14,16). The number of ether oxygens (including phenoxy) is 1. The van der Waals surface area contributed by atoms with Gasteiger partial charge in [-0.1, -0.05) is 12.1 Å². The van der Waals surface area contributed by atoms with Crippen molar-refractivity contribution in [3.63, 3.8) is 0 Å². The van der Waals surface area contributed by atoms with Crippen molar-refractivity contribution in [2.24, 2.45) is 0 Å². The molecular formula is C13H19NO3. The second-order valence-corrected chi connectivity index (χ2v) is 4.02. The van der Waals surface area contributed by atoms with Crippen LogP contribution in [0.5, 0.6) is 0 Å². The van der Waals surface area contributed by atoms with Crippen molar-refractivity contribution < 1.29 is 14.6 Å². The van der Waals surface area contributed by atoms with Crippen molar-refractivity contribution in [1.82, 2.24) is 5.32 Å². The fourth-order valence-electron chi connectivity index (χ4n) is 1.42. The van der Waals surface area contributed by atoms with Gasteiger partial charge in [0.05, 0.1) is 12.7 Å². The quantitative estimate of drug-likeness (QED) is 0.784.